The largest absolute Gasteiger partial charge is 0.462 e. The van der Waals surface area contributed by atoms with E-state index in [1.54, 1.807) is 37.5 Å². The van der Waals surface area contributed by atoms with E-state index in [1.165, 1.54) is 6.07 Å². The van der Waals surface area contributed by atoms with Gasteiger partial charge >= 0.3 is 5.97 Å². The third-order valence-electron chi connectivity index (χ3n) is 2.30. The Morgan fingerprint density at radius 3 is 2.83 bits per heavy atom. The quantitative estimate of drug-likeness (QED) is 0.616. The fourth-order valence-corrected chi connectivity index (χ4v) is 1.47. The molecular formula is C13H11FN2O2. The second-order valence-electron chi connectivity index (χ2n) is 3.50. The van der Waals surface area contributed by atoms with Gasteiger partial charge in [0.1, 0.15) is 5.56 Å². The minimum Gasteiger partial charge on any atom is -0.462 e. The lowest BCUT2D eigenvalue weighted by atomic mass is 10.1. The third kappa shape index (κ3) is 2.51. The second kappa shape index (κ2) is 5.35. The number of pyridine rings is 2. The van der Waals surface area contributed by atoms with Crippen LogP contribution in [0.2, 0.25) is 0 Å². The fraction of sp³-hybridized carbons (Fsp3) is 0.154. The van der Waals surface area contributed by atoms with Crippen LogP contribution in [0, 0.1) is 5.95 Å². The topological polar surface area (TPSA) is 52.1 Å². The molecule has 2 aromatic heterocycles. The van der Waals surface area contributed by atoms with Gasteiger partial charge in [-0.3, -0.25) is 4.98 Å². The van der Waals surface area contributed by atoms with Crippen molar-refractivity contribution in [1.29, 1.82) is 0 Å². The maximum atomic E-state index is 13.7. The van der Waals surface area contributed by atoms with Crippen molar-refractivity contribution in [3.8, 4) is 11.3 Å². The monoisotopic (exact) mass is 246 g/mol. The molecule has 0 aliphatic carbocycles. The molecule has 0 N–H and O–H groups in total. The van der Waals surface area contributed by atoms with Crippen LogP contribution >= 0.6 is 0 Å². The highest BCUT2D eigenvalue weighted by Crippen LogP contribution is 2.17. The zero-order valence-corrected chi connectivity index (χ0v) is 9.76. The van der Waals surface area contributed by atoms with Gasteiger partial charge in [-0.05, 0) is 31.2 Å². The highest BCUT2D eigenvalue weighted by molar-refractivity contribution is 5.89. The summed E-state index contributed by atoms with van der Waals surface area (Å²) in [5.41, 5.74) is 0.949. The molecule has 0 spiro atoms. The summed E-state index contributed by atoms with van der Waals surface area (Å²) in [5.74, 6) is -1.55. The Morgan fingerprint density at radius 1 is 1.39 bits per heavy atom. The molecular weight excluding hydrogens is 235 g/mol. The molecule has 0 aromatic carbocycles. The van der Waals surface area contributed by atoms with Crippen molar-refractivity contribution in [2.45, 2.75) is 6.92 Å². The molecule has 18 heavy (non-hydrogen) atoms. The number of hydrogen-bond acceptors (Lipinski definition) is 4. The first kappa shape index (κ1) is 12.2. The van der Waals surface area contributed by atoms with Crippen LogP contribution in [0.4, 0.5) is 4.39 Å². The number of nitrogens with zero attached hydrogens (tertiary/aromatic N) is 2. The van der Waals surface area contributed by atoms with Crippen molar-refractivity contribution < 1.29 is 13.9 Å². The van der Waals surface area contributed by atoms with Crippen LogP contribution in [-0.4, -0.2) is 22.5 Å². The van der Waals surface area contributed by atoms with Crippen molar-refractivity contribution in [3.05, 3.63) is 48.2 Å². The van der Waals surface area contributed by atoms with Crippen LogP contribution in [0.15, 0.2) is 36.7 Å². The van der Waals surface area contributed by atoms with E-state index in [4.69, 9.17) is 4.74 Å². The number of rotatable bonds is 3. The van der Waals surface area contributed by atoms with E-state index in [9.17, 15) is 9.18 Å². The number of ether oxygens (including phenoxy) is 1. The van der Waals surface area contributed by atoms with Gasteiger partial charge in [0.15, 0.2) is 0 Å². The van der Waals surface area contributed by atoms with Gasteiger partial charge < -0.3 is 4.74 Å². The van der Waals surface area contributed by atoms with Gasteiger partial charge in [0.05, 0.1) is 12.3 Å². The van der Waals surface area contributed by atoms with Gasteiger partial charge in [0.2, 0.25) is 5.95 Å². The molecule has 92 valence electrons. The van der Waals surface area contributed by atoms with Crippen molar-refractivity contribution in [3.63, 3.8) is 0 Å². The summed E-state index contributed by atoms with van der Waals surface area (Å²) in [4.78, 5) is 19.1. The number of carbonyl (C=O) groups excluding carboxylic acids is 1. The van der Waals surface area contributed by atoms with Crippen LogP contribution in [0.25, 0.3) is 11.3 Å². The van der Waals surface area contributed by atoms with Gasteiger partial charge in [0.25, 0.3) is 0 Å². The van der Waals surface area contributed by atoms with Gasteiger partial charge in [0, 0.05) is 18.0 Å². The van der Waals surface area contributed by atoms with Crippen molar-refractivity contribution >= 4 is 5.97 Å². The second-order valence-corrected chi connectivity index (χ2v) is 3.50. The lowest BCUT2D eigenvalue weighted by molar-refractivity contribution is 0.0520. The van der Waals surface area contributed by atoms with Crippen LogP contribution in [0.5, 0.6) is 0 Å². The first-order valence-electron chi connectivity index (χ1n) is 5.46. The van der Waals surface area contributed by atoms with Crippen molar-refractivity contribution in [2.24, 2.45) is 0 Å². The Hall–Kier alpha value is -2.30. The van der Waals surface area contributed by atoms with Gasteiger partial charge in [-0.25, -0.2) is 9.78 Å². The van der Waals surface area contributed by atoms with Gasteiger partial charge in [-0.2, -0.15) is 4.39 Å². The Morgan fingerprint density at radius 2 is 2.22 bits per heavy atom. The minimum atomic E-state index is -0.838. The van der Waals surface area contributed by atoms with Crippen molar-refractivity contribution in [1.82, 2.24) is 9.97 Å². The number of hydrogen-bond donors (Lipinski definition) is 0. The summed E-state index contributed by atoms with van der Waals surface area (Å²) >= 11 is 0. The number of halogens is 1. The predicted octanol–water partition coefficient (Wildman–Crippen LogP) is 2.46. The number of carbonyl (C=O) groups is 1. The molecule has 0 unspecified atom stereocenters. The molecule has 4 nitrogen and oxygen atoms in total. The van der Waals surface area contributed by atoms with E-state index in [-0.39, 0.29) is 12.2 Å². The molecule has 0 fully saturated rings. The maximum absolute atomic E-state index is 13.7. The highest BCUT2D eigenvalue weighted by Gasteiger charge is 2.14. The van der Waals surface area contributed by atoms with Gasteiger partial charge in [-0.15, -0.1) is 0 Å². The summed E-state index contributed by atoms with van der Waals surface area (Å²) in [7, 11) is 0. The van der Waals surface area contributed by atoms with E-state index < -0.39 is 11.9 Å². The SMILES string of the molecule is CCOC(=O)c1ccc(-c2cccnc2)nc1F. The summed E-state index contributed by atoms with van der Waals surface area (Å²) in [6.07, 6.45) is 3.19. The lowest BCUT2D eigenvalue weighted by Crippen LogP contribution is -2.08. The summed E-state index contributed by atoms with van der Waals surface area (Å²) in [6, 6.07) is 6.42. The van der Waals surface area contributed by atoms with Crippen LogP contribution < -0.4 is 0 Å². The maximum Gasteiger partial charge on any atom is 0.342 e. The minimum absolute atomic E-state index is 0.163. The lowest BCUT2D eigenvalue weighted by Gasteiger charge is -2.04. The zero-order valence-electron chi connectivity index (χ0n) is 9.76. The smallest absolute Gasteiger partial charge is 0.342 e. The fourth-order valence-electron chi connectivity index (χ4n) is 1.47. The number of esters is 1. The molecule has 2 rings (SSSR count). The molecule has 0 radical (unpaired) electrons. The van der Waals surface area contributed by atoms with E-state index in [0.717, 1.165) is 0 Å². The molecule has 0 saturated carbocycles. The average molecular weight is 246 g/mol. The molecule has 0 aliphatic rings. The van der Waals surface area contributed by atoms with Gasteiger partial charge in [-0.1, -0.05) is 0 Å². The summed E-state index contributed by atoms with van der Waals surface area (Å²) in [5, 5.41) is 0. The van der Waals surface area contributed by atoms with Crippen molar-refractivity contribution in [2.75, 3.05) is 6.61 Å². The highest BCUT2D eigenvalue weighted by atomic mass is 19.1. The zero-order chi connectivity index (χ0) is 13.0. The first-order chi connectivity index (χ1) is 8.72. The van der Waals surface area contributed by atoms with Crippen LogP contribution in [-0.2, 0) is 4.74 Å². The van der Waals surface area contributed by atoms with E-state index in [2.05, 4.69) is 9.97 Å². The van der Waals surface area contributed by atoms with E-state index in [0.29, 0.717) is 11.3 Å². The predicted molar refractivity (Wildman–Crippen MR) is 63.4 cm³/mol. The average Bonchev–Trinajstić information content (AvgIpc) is 2.40. The molecule has 0 bridgehead atoms. The molecule has 0 amide bonds. The normalized spacial score (nSPS) is 10.1. The molecule has 0 aliphatic heterocycles. The van der Waals surface area contributed by atoms with E-state index >= 15 is 0 Å². The Balaban J connectivity index is 2.34. The molecule has 2 aromatic rings. The summed E-state index contributed by atoms with van der Waals surface area (Å²) < 4.78 is 18.4. The van der Waals surface area contributed by atoms with Crippen LogP contribution in [0.1, 0.15) is 17.3 Å². The molecule has 2 heterocycles. The molecule has 0 atom stereocenters. The third-order valence-corrected chi connectivity index (χ3v) is 2.30. The molecule has 5 heteroatoms. The standard InChI is InChI=1S/C13H11FN2O2/c1-2-18-13(17)10-5-6-11(16-12(10)14)9-4-3-7-15-8-9/h3-8H,2H2,1H3. The van der Waals surface area contributed by atoms with Crippen LogP contribution in [0.3, 0.4) is 0 Å². The summed E-state index contributed by atoms with van der Waals surface area (Å²) in [6.45, 7) is 1.86. The first-order valence-corrected chi connectivity index (χ1v) is 5.46. The Kier molecular flexibility index (Phi) is 3.62. The molecule has 0 saturated heterocycles. The Labute approximate surface area is 103 Å². The Bertz CT molecular complexity index is 558. The van der Waals surface area contributed by atoms with E-state index in [1.807, 2.05) is 0 Å². The number of aromatic nitrogens is 2.